The Hall–Kier alpha value is -3.61. The molecule has 4 rings (SSSR count). The molecule has 4 nitrogen and oxygen atoms in total. The minimum atomic E-state index is -4.40. The summed E-state index contributed by atoms with van der Waals surface area (Å²) in [7, 11) is 0. The van der Waals surface area contributed by atoms with Crippen molar-refractivity contribution in [2.45, 2.75) is 25.6 Å². The third-order valence-corrected chi connectivity index (χ3v) is 6.87. The lowest BCUT2D eigenvalue weighted by atomic mass is 10.1. The van der Waals surface area contributed by atoms with Gasteiger partial charge in [0.15, 0.2) is 0 Å². The number of thioether (sulfide) groups is 1. The summed E-state index contributed by atoms with van der Waals surface area (Å²) in [5.74, 6) is 0.163. The van der Waals surface area contributed by atoms with Gasteiger partial charge in [0.25, 0.3) is 0 Å². The summed E-state index contributed by atoms with van der Waals surface area (Å²) in [6.45, 7) is 1.17. The number of halogens is 4. The molecule has 0 fully saturated rings. The fourth-order valence-electron chi connectivity index (χ4n) is 3.73. The second-order valence-electron chi connectivity index (χ2n) is 8.51. The molecule has 3 aromatic carbocycles. The van der Waals surface area contributed by atoms with Crippen molar-refractivity contribution in [3.63, 3.8) is 0 Å². The quantitative estimate of drug-likeness (QED) is 0.197. The number of nitriles is 1. The van der Waals surface area contributed by atoms with E-state index in [1.165, 1.54) is 42.1 Å². The fourth-order valence-corrected chi connectivity index (χ4v) is 4.77. The number of alkyl halides is 3. The Morgan fingerprint density at radius 1 is 0.974 bits per heavy atom. The average Bonchev–Trinajstić information content (AvgIpc) is 2.92. The number of aliphatic imine (C=N–C) groups is 1. The summed E-state index contributed by atoms with van der Waals surface area (Å²) in [5.41, 5.74) is 2.58. The highest BCUT2D eigenvalue weighted by Gasteiger charge is 2.30. The van der Waals surface area contributed by atoms with Crippen LogP contribution in [0.3, 0.4) is 0 Å². The lowest BCUT2D eigenvalue weighted by Gasteiger charge is -2.20. The molecule has 0 atom stereocenters. The largest absolute Gasteiger partial charge is 0.489 e. The van der Waals surface area contributed by atoms with Crippen molar-refractivity contribution in [3.8, 4) is 11.8 Å². The normalized spacial score (nSPS) is 13.7. The topological polar surface area (TPSA) is 54.6 Å². The Morgan fingerprint density at radius 3 is 2.42 bits per heavy atom. The monoisotopic (exact) mass is 540 g/mol. The predicted octanol–water partition coefficient (Wildman–Crippen LogP) is 7.54. The van der Waals surface area contributed by atoms with Crippen LogP contribution >= 0.6 is 11.8 Å². The number of benzene rings is 3. The molecule has 38 heavy (non-hydrogen) atoms. The van der Waals surface area contributed by atoms with Crippen LogP contribution in [-0.4, -0.2) is 24.0 Å². The van der Waals surface area contributed by atoms with Gasteiger partial charge < -0.3 is 9.47 Å². The van der Waals surface area contributed by atoms with Gasteiger partial charge in [0.05, 0.1) is 17.7 Å². The molecule has 1 aliphatic heterocycles. The number of allylic oxidation sites excluding steroid dienone is 1. The summed E-state index contributed by atoms with van der Waals surface area (Å²) >= 11 is 1.41. The van der Waals surface area contributed by atoms with Gasteiger partial charge in [-0.15, -0.1) is 11.8 Å². The molecule has 0 aliphatic carbocycles. The first kappa shape index (κ1) is 27.4. The van der Waals surface area contributed by atoms with Crippen molar-refractivity contribution in [1.29, 1.82) is 5.26 Å². The van der Waals surface area contributed by atoms with E-state index in [0.717, 1.165) is 29.0 Å². The number of hydrogen-bond acceptors (Lipinski definition) is 5. The van der Waals surface area contributed by atoms with Gasteiger partial charge in [-0.25, -0.2) is 9.38 Å². The Kier molecular flexibility index (Phi) is 9.21. The van der Waals surface area contributed by atoms with Crippen LogP contribution in [0.2, 0.25) is 0 Å². The molecule has 1 aliphatic rings. The van der Waals surface area contributed by atoms with E-state index in [1.807, 2.05) is 30.3 Å². The van der Waals surface area contributed by atoms with Crippen LogP contribution in [-0.2, 0) is 17.5 Å². The predicted molar refractivity (Wildman–Crippen MR) is 139 cm³/mol. The van der Waals surface area contributed by atoms with E-state index >= 15 is 0 Å². The van der Waals surface area contributed by atoms with Crippen molar-refractivity contribution >= 4 is 16.8 Å². The minimum absolute atomic E-state index is 0.0632. The standard InChI is InChI=1S/C29H24F4N2O2S/c30-26-15-25(13-10-22(26)16-34)37-18-23-19-38-28(21-8-11-24(12-9-21)29(31,32)33)35-27(23)7-4-14-36-17-20-5-2-1-3-6-20/h1-3,5-6,8-13,15H,4,7,14,17-19H2. The zero-order chi connectivity index (χ0) is 27.0. The zero-order valence-corrected chi connectivity index (χ0v) is 21.1. The van der Waals surface area contributed by atoms with Crippen LogP contribution in [0.25, 0.3) is 0 Å². The van der Waals surface area contributed by atoms with Crippen molar-refractivity contribution in [2.24, 2.45) is 4.99 Å². The lowest BCUT2D eigenvalue weighted by molar-refractivity contribution is -0.137. The van der Waals surface area contributed by atoms with Crippen LogP contribution < -0.4 is 4.74 Å². The third-order valence-electron chi connectivity index (χ3n) is 5.77. The van der Waals surface area contributed by atoms with E-state index in [-0.39, 0.29) is 12.2 Å². The molecule has 3 aromatic rings. The maximum atomic E-state index is 14.0. The summed E-state index contributed by atoms with van der Waals surface area (Å²) in [6.07, 6.45) is -3.13. The highest BCUT2D eigenvalue weighted by Crippen LogP contribution is 2.32. The summed E-state index contributed by atoms with van der Waals surface area (Å²) in [5, 5.41) is 9.55. The van der Waals surface area contributed by atoms with Crippen LogP contribution in [0.5, 0.6) is 5.75 Å². The zero-order valence-electron chi connectivity index (χ0n) is 20.3. The summed E-state index contributed by atoms with van der Waals surface area (Å²) in [6, 6.07) is 20.6. The third kappa shape index (κ3) is 7.46. The highest BCUT2D eigenvalue weighted by molar-refractivity contribution is 8.14. The van der Waals surface area contributed by atoms with Gasteiger partial charge in [0.2, 0.25) is 0 Å². The molecule has 0 radical (unpaired) electrons. The number of hydrogen-bond donors (Lipinski definition) is 0. The van der Waals surface area contributed by atoms with E-state index in [2.05, 4.69) is 0 Å². The second kappa shape index (κ2) is 12.8. The number of rotatable bonds is 10. The van der Waals surface area contributed by atoms with E-state index in [9.17, 15) is 17.6 Å². The second-order valence-corrected chi connectivity index (χ2v) is 9.48. The maximum Gasteiger partial charge on any atom is 0.416 e. The van der Waals surface area contributed by atoms with Gasteiger partial charge in [-0.1, -0.05) is 42.5 Å². The van der Waals surface area contributed by atoms with Gasteiger partial charge in [0, 0.05) is 29.7 Å². The smallest absolute Gasteiger partial charge is 0.416 e. The molecular weight excluding hydrogens is 516 g/mol. The first-order valence-corrected chi connectivity index (χ1v) is 12.9. The number of nitrogens with zero attached hydrogens (tertiary/aromatic N) is 2. The molecule has 9 heteroatoms. The van der Waals surface area contributed by atoms with Crippen molar-refractivity contribution in [1.82, 2.24) is 0 Å². The molecule has 1 heterocycles. The van der Waals surface area contributed by atoms with E-state index in [0.29, 0.717) is 48.2 Å². The fraction of sp³-hybridized carbons (Fsp3) is 0.241. The van der Waals surface area contributed by atoms with Crippen LogP contribution in [0.15, 0.2) is 89.1 Å². The van der Waals surface area contributed by atoms with Gasteiger partial charge in [-0.05, 0) is 48.2 Å². The van der Waals surface area contributed by atoms with Crippen molar-refractivity contribution in [3.05, 3.63) is 112 Å². The van der Waals surface area contributed by atoms with Crippen LogP contribution in [0.4, 0.5) is 17.6 Å². The molecule has 196 valence electrons. The molecular formula is C29H24F4N2O2S. The molecule has 0 unspecified atom stereocenters. The summed E-state index contributed by atoms with van der Waals surface area (Å²) < 4.78 is 64.5. The molecule has 0 N–H and O–H groups in total. The Labute approximate surface area is 222 Å². The Bertz CT molecular complexity index is 1350. The average molecular weight is 541 g/mol. The Morgan fingerprint density at radius 2 is 1.74 bits per heavy atom. The van der Waals surface area contributed by atoms with Gasteiger partial charge in [0.1, 0.15) is 29.3 Å². The molecule has 0 spiro atoms. The van der Waals surface area contributed by atoms with Gasteiger partial charge in [-0.2, -0.15) is 18.4 Å². The maximum absolute atomic E-state index is 14.0. The Balaban J connectivity index is 1.47. The van der Waals surface area contributed by atoms with Crippen molar-refractivity contribution < 1.29 is 27.0 Å². The molecule has 0 saturated heterocycles. The van der Waals surface area contributed by atoms with Gasteiger partial charge >= 0.3 is 6.18 Å². The molecule has 0 saturated carbocycles. The van der Waals surface area contributed by atoms with Crippen LogP contribution in [0, 0.1) is 17.1 Å². The molecule has 0 bridgehead atoms. The van der Waals surface area contributed by atoms with Crippen LogP contribution in [0.1, 0.15) is 35.1 Å². The molecule has 0 aromatic heterocycles. The van der Waals surface area contributed by atoms with E-state index in [4.69, 9.17) is 19.7 Å². The van der Waals surface area contributed by atoms with E-state index < -0.39 is 17.6 Å². The van der Waals surface area contributed by atoms with Gasteiger partial charge in [-0.3, -0.25) is 0 Å². The SMILES string of the molecule is N#Cc1ccc(OCC2=C(CCCOCc3ccccc3)N=C(c3ccc(C(F)(F)F)cc3)SC2)cc1F. The lowest BCUT2D eigenvalue weighted by Crippen LogP contribution is -2.14. The minimum Gasteiger partial charge on any atom is -0.489 e. The number of ether oxygens (including phenoxy) is 2. The first-order chi connectivity index (χ1) is 18.3. The highest BCUT2D eigenvalue weighted by atomic mass is 32.2. The molecule has 0 amide bonds. The van der Waals surface area contributed by atoms with E-state index in [1.54, 1.807) is 6.07 Å². The first-order valence-electron chi connectivity index (χ1n) is 11.9. The summed E-state index contributed by atoms with van der Waals surface area (Å²) in [4.78, 5) is 4.76. The van der Waals surface area contributed by atoms with Crippen molar-refractivity contribution in [2.75, 3.05) is 19.0 Å².